The molecule has 0 unspecified atom stereocenters. The molecular weight excluding hydrogens is 516 g/mol. The summed E-state index contributed by atoms with van der Waals surface area (Å²) >= 11 is 0. The number of para-hydroxylation sites is 2. The number of hydrogen-bond acceptors (Lipinski definition) is 8. The first kappa shape index (κ1) is 27.3. The van der Waals surface area contributed by atoms with E-state index in [-0.39, 0.29) is 18.0 Å². The Hall–Kier alpha value is -2.89. The summed E-state index contributed by atoms with van der Waals surface area (Å²) in [6.45, 7) is 9.87. The smallest absolute Gasteiger partial charge is 0.296 e. The fraction of sp³-hybridized carbons (Fsp3) is 0.621. The van der Waals surface area contributed by atoms with Crippen LogP contribution in [0.15, 0.2) is 30.3 Å². The van der Waals surface area contributed by atoms with Crippen molar-refractivity contribution in [2.75, 3.05) is 56.2 Å². The molecule has 4 heterocycles. The first-order valence-corrected chi connectivity index (χ1v) is 14.6. The molecule has 1 N–H and O–H groups in total. The first-order valence-electron chi connectivity index (χ1n) is 14.6. The Morgan fingerprint density at radius 2 is 1.65 bits per heavy atom. The Bertz CT molecular complexity index is 1280. The number of hydrogen-bond donors (Lipinski definition) is 1. The van der Waals surface area contributed by atoms with E-state index in [1.807, 2.05) is 19.9 Å². The van der Waals surface area contributed by atoms with Crippen LogP contribution >= 0.6 is 0 Å². The molecule has 0 bridgehead atoms. The summed E-state index contributed by atoms with van der Waals surface area (Å²) in [5.74, 6) is 1.74. The number of ether oxygens (including phenoxy) is 2. The molecule has 2 aliphatic heterocycles. The summed E-state index contributed by atoms with van der Waals surface area (Å²) < 4.78 is 41.3. The second-order valence-electron chi connectivity index (χ2n) is 11.4. The molecule has 0 radical (unpaired) electrons. The number of rotatable bonds is 7. The third kappa shape index (κ3) is 5.91. The fourth-order valence-electron chi connectivity index (χ4n) is 6.47. The van der Waals surface area contributed by atoms with Crippen molar-refractivity contribution in [3.8, 4) is 5.82 Å². The van der Waals surface area contributed by atoms with Crippen LogP contribution in [0.2, 0.25) is 0 Å². The number of fused-ring (bicyclic) bond motifs is 1. The molecule has 3 fully saturated rings. The molecule has 1 saturated carbocycles. The lowest BCUT2D eigenvalue weighted by atomic mass is 9.85. The molecule has 2 saturated heterocycles. The summed E-state index contributed by atoms with van der Waals surface area (Å²) in [4.78, 5) is 18.6. The normalized spacial score (nSPS) is 26.5. The van der Waals surface area contributed by atoms with E-state index in [2.05, 4.69) is 20.1 Å². The van der Waals surface area contributed by atoms with Crippen LogP contribution in [0.5, 0.6) is 0 Å². The van der Waals surface area contributed by atoms with Gasteiger partial charge in [-0.2, -0.15) is 9.97 Å². The molecule has 11 heteroatoms. The van der Waals surface area contributed by atoms with Crippen molar-refractivity contribution in [1.82, 2.24) is 24.4 Å². The summed E-state index contributed by atoms with van der Waals surface area (Å²) in [6.07, 6.45) is 1.97. The number of aromatic nitrogens is 4. The average Bonchev–Trinajstić information content (AvgIpc) is 3.36. The number of alkyl halides is 2. The van der Waals surface area contributed by atoms with E-state index < -0.39 is 6.43 Å². The highest BCUT2D eigenvalue weighted by Crippen LogP contribution is 2.31. The molecule has 0 amide bonds. The monoisotopic (exact) mass is 555 g/mol. The van der Waals surface area contributed by atoms with Gasteiger partial charge in [0, 0.05) is 44.8 Å². The maximum absolute atomic E-state index is 14.2. The van der Waals surface area contributed by atoms with Gasteiger partial charge in [0.05, 0.1) is 36.5 Å². The van der Waals surface area contributed by atoms with Crippen molar-refractivity contribution in [1.29, 1.82) is 0 Å². The van der Waals surface area contributed by atoms with Crippen LogP contribution < -0.4 is 10.2 Å². The van der Waals surface area contributed by atoms with Gasteiger partial charge < -0.3 is 19.7 Å². The van der Waals surface area contributed by atoms with Crippen LogP contribution in [0, 0.1) is 5.92 Å². The largest absolute Gasteiger partial charge is 0.379 e. The second-order valence-corrected chi connectivity index (χ2v) is 11.4. The number of benzene rings is 1. The van der Waals surface area contributed by atoms with E-state index in [1.165, 1.54) is 17.4 Å². The molecule has 0 spiro atoms. The highest BCUT2D eigenvalue weighted by Gasteiger charge is 2.29. The van der Waals surface area contributed by atoms with Crippen molar-refractivity contribution < 1.29 is 18.3 Å². The van der Waals surface area contributed by atoms with Crippen molar-refractivity contribution in [3.63, 3.8) is 0 Å². The molecule has 1 aromatic carbocycles. The Kier molecular flexibility index (Phi) is 8.13. The van der Waals surface area contributed by atoms with E-state index >= 15 is 0 Å². The molecule has 1 aliphatic carbocycles. The van der Waals surface area contributed by atoms with Gasteiger partial charge in [-0.1, -0.05) is 12.1 Å². The summed E-state index contributed by atoms with van der Waals surface area (Å²) in [6, 6.07) is 9.61. The fourth-order valence-corrected chi connectivity index (χ4v) is 6.47. The summed E-state index contributed by atoms with van der Waals surface area (Å²) in [7, 11) is 0. The minimum absolute atomic E-state index is 0.0333. The maximum Gasteiger partial charge on any atom is 0.296 e. The SMILES string of the molecule is C[C@@H]1CN(c2cc(-n3c(C(F)F)nc4ccccc43)nc(NC[C@H]3CC[C@H](N4CCOCC4)CC3)n2)C[C@H](C)O1. The van der Waals surface area contributed by atoms with Crippen molar-refractivity contribution in [2.45, 2.75) is 64.2 Å². The topological polar surface area (TPSA) is 80.6 Å². The first-order chi connectivity index (χ1) is 19.4. The van der Waals surface area contributed by atoms with E-state index in [4.69, 9.17) is 19.4 Å². The number of halogens is 2. The van der Waals surface area contributed by atoms with E-state index in [0.717, 1.165) is 45.7 Å². The van der Waals surface area contributed by atoms with Gasteiger partial charge in [-0.3, -0.25) is 9.47 Å². The molecule has 9 nitrogen and oxygen atoms in total. The molecule has 2 atom stereocenters. The Labute approximate surface area is 233 Å². The molecule has 3 aromatic rings. The number of nitrogens with zero attached hydrogens (tertiary/aromatic N) is 6. The maximum atomic E-state index is 14.2. The Morgan fingerprint density at radius 3 is 2.38 bits per heavy atom. The predicted molar refractivity (Wildman–Crippen MR) is 150 cm³/mol. The number of nitrogens with one attached hydrogen (secondary N) is 1. The predicted octanol–water partition coefficient (Wildman–Crippen LogP) is 4.67. The van der Waals surface area contributed by atoms with Gasteiger partial charge >= 0.3 is 0 Å². The number of anilines is 2. The van der Waals surface area contributed by atoms with Crippen molar-refractivity contribution >= 4 is 22.8 Å². The third-order valence-corrected chi connectivity index (χ3v) is 8.38. The van der Waals surface area contributed by atoms with Crippen LogP contribution in [0.4, 0.5) is 20.5 Å². The summed E-state index contributed by atoms with van der Waals surface area (Å²) in [5.41, 5.74) is 1.11. The average molecular weight is 556 g/mol. The van der Waals surface area contributed by atoms with Crippen LogP contribution in [0.3, 0.4) is 0 Å². The third-order valence-electron chi connectivity index (χ3n) is 8.38. The minimum atomic E-state index is -2.74. The van der Waals surface area contributed by atoms with Gasteiger partial charge in [0.1, 0.15) is 11.6 Å². The van der Waals surface area contributed by atoms with Gasteiger partial charge in [-0.25, -0.2) is 13.8 Å². The molecule has 6 rings (SSSR count). The highest BCUT2D eigenvalue weighted by molar-refractivity contribution is 5.78. The zero-order valence-corrected chi connectivity index (χ0v) is 23.3. The van der Waals surface area contributed by atoms with E-state index in [1.54, 1.807) is 24.3 Å². The van der Waals surface area contributed by atoms with Crippen LogP contribution in [0.25, 0.3) is 16.9 Å². The standard InChI is InChI=1S/C29H39F2N7O2/c1-19-17-37(18-20(2)40-19)25-15-26(38-24-6-4-3-5-23(24)33-28(38)27(30)31)35-29(34-25)32-16-21-7-9-22(10-8-21)36-11-13-39-14-12-36/h3-6,15,19-22,27H,7-14,16-18H2,1-2H3,(H,32,34,35)/t19-,20+,21-,22-. The van der Waals surface area contributed by atoms with Gasteiger partial charge in [0.2, 0.25) is 5.95 Å². The van der Waals surface area contributed by atoms with Gasteiger partial charge in [0.25, 0.3) is 6.43 Å². The van der Waals surface area contributed by atoms with Gasteiger partial charge in [0.15, 0.2) is 5.82 Å². The lowest BCUT2D eigenvalue weighted by Crippen LogP contribution is -2.46. The molecule has 3 aliphatic rings. The molecular formula is C29H39F2N7O2. The lowest BCUT2D eigenvalue weighted by molar-refractivity contribution is -0.00546. The van der Waals surface area contributed by atoms with Gasteiger partial charge in [-0.15, -0.1) is 0 Å². The zero-order chi connectivity index (χ0) is 27.6. The van der Waals surface area contributed by atoms with Crippen molar-refractivity contribution in [2.24, 2.45) is 5.92 Å². The molecule has 2 aromatic heterocycles. The van der Waals surface area contributed by atoms with Crippen molar-refractivity contribution in [3.05, 3.63) is 36.2 Å². The zero-order valence-electron chi connectivity index (χ0n) is 23.3. The van der Waals surface area contributed by atoms with Crippen LogP contribution in [-0.4, -0.2) is 88.6 Å². The lowest BCUT2D eigenvalue weighted by Gasteiger charge is -2.38. The Morgan fingerprint density at radius 1 is 0.950 bits per heavy atom. The van der Waals surface area contributed by atoms with E-state index in [0.29, 0.717) is 53.7 Å². The van der Waals surface area contributed by atoms with Crippen LogP contribution in [-0.2, 0) is 9.47 Å². The Balaban J connectivity index is 1.26. The van der Waals surface area contributed by atoms with Gasteiger partial charge in [-0.05, 0) is 57.6 Å². The highest BCUT2D eigenvalue weighted by atomic mass is 19.3. The minimum Gasteiger partial charge on any atom is -0.379 e. The molecule has 216 valence electrons. The number of morpholine rings is 2. The second kappa shape index (κ2) is 11.9. The quantitative estimate of drug-likeness (QED) is 0.451. The van der Waals surface area contributed by atoms with E-state index in [9.17, 15) is 8.78 Å². The summed E-state index contributed by atoms with van der Waals surface area (Å²) in [5, 5.41) is 3.47. The van der Waals surface area contributed by atoms with Crippen LogP contribution in [0.1, 0.15) is 51.8 Å². The number of imidazole rings is 1. The molecule has 40 heavy (non-hydrogen) atoms.